The number of benzene rings is 1. The zero-order valence-corrected chi connectivity index (χ0v) is 11.6. The van der Waals surface area contributed by atoms with Gasteiger partial charge in [0.1, 0.15) is 5.82 Å². The monoisotopic (exact) mass is 281 g/mol. The minimum Gasteiger partial charge on any atom is -0.396 e. The molecule has 0 radical (unpaired) electrons. The lowest BCUT2D eigenvalue weighted by molar-refractivity contribution is -0.0246. The Hall–Kier alpha value is -1.66. The van der Waals surface area contributed by atoms with Gasteiger partial charge in [-0.1, -0.05) is 6.92 Å². The number of likely N-dealkylation sites (N-methyl/N-ethyl adjacent to an activating group) is 1. The maximum atomic E-state index is 13.0. The van der Waals surface area contributed by atoms with Crippen molar-refractivity contribution in [1.29, 1.82) is 0 Å². The molecule has 0 aromatic heterocycles. The van der Waals surface area contributed by atoms with Gasteiger partial charge in [-0.2, -0.15) is 0 Å². The number of anilines is 1. The number of carbonyl (C=O) groups excluding carboxylic acids is 1. The maximum Gasteiger partial charge on any atom is 0.251 e. The summed E-state index contributed by atoms with van der Waals surface area (Å²) < 4.78 is 18.6. The number of morpholine rings is 1. The van der Waals surface area contributed by atoms with Crippen molar-refractivity contribution < 1.29 is 13.9 Å². The lowest BCUT2D eigenvalue weighted by atomic mass is 10.1. The Morgan fingerprint density at radius 3 is 3.10 bits per heavy atom. The summed E-state index contributed by atoms with van der Waals surface area (Å²) in [5.74, 6) is -0.787. The minimum atomic E-state index is -0.518. The van der Waals surface area contributed by atoms with Crippen LogP contribution in [-0.2, 0) is 4.74 Å². The fourth-order valence-electron chi connectivity index (χ4n) is 2.18. The number of hydrogen-bond donors (Lipinski definition) is 2. The van der Waals surface area contributed by atoms with Gasteiger partial charge >= 0.3 is 0 Å². The number of carbonyl (C=O) groups is 1. The highest BCUT2D eigenvalue weighted by atomic mass is 19.1. The van der Waals surface area contributed by atoms with Gasteiger partial charge in [0.2, 0.25) is 0 Å². The SMILES string of the molecule is CCN1CCOC(CNC(=O)c2ccc(F)c(N)c2)C1. The van der Waals surface area contributed by atoms with Crippen molar-refractivity contribution in [2.75, 3.05) is 38.5 Å². The molecule has 0 aliphatic carbocycles. The molecule has 1 saturated heterocycles. The number of hydrogen-bond acceptors (Lipinski definition) is 4. The average molecular weight is 281 g/mol. The predicted molar refractivity (Wildman–Crippen MR) is 75.0 cm³/mol. The molecule has 1 amide bonds. The van der Waals surface area contributed by atoms with Crippen LogP contribution < -0.4 is 11.1 Å². The van der Waals surface area contributed by atoms with E-state index >= 15 is 0 Å². The van der Waals surface area contributed by atoms with Crippen LogP contribution in [0.25, 0.3) is 0 Å². The molecule has 1 aromatic carbocycles. The first-order valence-electron chi connectivity index (χ1n) is 6.77. The topological polar surface area (TPSA) is 67.6 Å². The summed E-state index contributed by atoms with van der Waals surface area (Å²) in [4.78, 5) is 14.2. The lowest BCUT2D eigenvalue weighted by Crippen LogP contribution is -2.47. The van der Waals surface area contributed by atoms with Crippen molar-refractivity contribution in [3.8, 4) is 0 Å². The standard InChI is InChI=1S/C14H20FN3O2/c1-2-18-5-6-20-11(9-18)8-17-14(19)10-3-4-12(15)13(16)7-10/h3-4,7,11H,2,5-6,8-9,16H2,1H3,(H,17,19). The van der Waals surface area contributed by atoms with Gasteiger partial charge < -0.3 is 15.8 Å². The second-order valence-corrected chi connectivity index (χ2v) is 4.83. The van der Waals surface area contributed by atoms with Gasteiger partial charge in [-0.05, 0) is 24.7 Å². The summed E-state index contributed by atoms with van der Waals surface area (Å²) in [7, 11) is 0. The summed E-state index contributed by atoms with van der Waals surface area (Å²) >= 11 is 0. The second kappa shape index (κ2) is 6.67. The van der Waals surface area contributed by atoms with Crippen LogP contribution in [0.1, 0.15) is 17.3 Å². The molecule has 1 atom stereocenters. The summed E-state index contributed by atoms with van der Waals surface area (Å²) in [6.07, 6.45) is -0.00885. The normalized spacial score (nSPS) is 19.8. The summed E-state index contributed by atoms with van der Waals surface area (Å²) in [5, 5.41) is 2.79. The molecule has 1 fully saturated rings. The van der Waals surface area contributed by atoms with Crippen molar-refractivity contribution in [2.45, 2.75) is 13.0 Å². The Bertz CT molecular complexity index is 481. The molecule has 20 heavy (non-hydrogen) atoms. The van der Waals surface area contributed by atoms with Crippen molar-refractivity contribution in [3.63, 3.8) is 0 Å². The van der Waals surface area contributed by atoms with Crippen LogP contribution >= 0.6 is 0 Å². The van der Waals surface area contributed by atoms with Gasteiger partial charge in [-0.3, -0.25) is 9.69 Å². The quantitative estimate of drug-likeness (QED) is 0.803. The van der Waals surface area contributed by atoms with Crippen LogP contribution in [0, 0.1) is 5.82 Å². The van der Waals surface area contributed by atoms with Gasteiger partial charge in [-0.25, -0.2) is 4.39 Å². The van der Waals surface area contributed by atoms with Crippen molar-refractivity contribution in [3.05, 3.63) is 29.6 Å². The summed E-state index contributed by atoms with van der Waals surface area (Å²) in [6.45, 7) is 5.92. The molecule has 0 bridgehead atoms. The smallest absolute Gasteiger partial charge is 0.251 e. The van der Waals surface area contributed by atoms with E-state index in [1.807, 2.05) is 0 Å². The molecule has 0 spiro atoms. The molecular formula is C14H20FN3O2. The van der Waals surface area contributed by atoms with Crippen LogP contribution in [0.15, 0.2) is 18.2 Å². The number of nitrogens with two attached hydrogens (primary N) is 1. The van der Waals surface area contributed by atoms with E-state index in [2.05, 4.69) is 17.1 Å². The Morgan fingerprint density at radius 2 is 2.40 bits per heavy atom. The molecule has 1 unspecified atom stereocenters. The molecule has 5 nitrogen and oxygen atoms in total. The lowest BCUT2D eigenvalue weighted by Gasteiger charge is -2.32. The van der Waals surface area contributed by atoms with Crippen LogP contribution in [0.2, 0.25) is 0 Å². The van der Waals surface area contributed by atoms with Gasteiger partial charge in [0.15, 0.2) is 0 Å². The largest absolute Gasteiger partial charge is 0.396 e. The highest BCUT2D eigenvalue weighted by Crippen LogP contribution is 2.12. The molecule has 0 saturated carbocycles. The Kier molecular flexibility index (Phi) is 4.92. The van der Waals surface area contributed by atoms with Crippen molar-refractivity contribution >= 4 is 11.6 Å². The Balaban J connectivity index is 1.87. The Labute approximate surface area is 117 Å². The minimum absolute atomic E-state index is 0.00885. The number of ether oxygens (including phenoxy) is 1. The summed E-state index contributed by atoms with van der Waals surface area (Å²) in [6, 6.07) is 3.95. The average Bonchev–Trinajstić information content (AvgIpc) is 2.47. The van der Waals surface area contributed by atoms with Gasteiger partial charge in [0.25, 0.3) is 5.91 Å². The third-order valence-corrected chi connectivity index (χ3v) is 3.42. The number of rotatable bonds is 4. The first-order valence-corrected chi connectivity index (χ1v) is 6.77. The number of nitrogen functional groups attached to an aromatic ring is 1. The van der Waals surface area contributed by atoms with E-state index in [0.717, 1.165) is 19.6 Å². The number of nitrogens with one attached hydrogen (secondary N) is 1. The molecular weight excluding hydrogens is 261 g/mol. The van der Waals surface area contributed by atoms with E-state index in [9.17, 15) is 9.18 Å². The molecule has 2 rings (SSSR count). The van der Waals surface area contributed by atoms with E-state index in [0.29, 0.717) is 18.7 Å². The van der Waals surface area contributed by atoms with E-state index < -0.39 is 5.82 Å². The zero-order valence-electron chi connectivity index (χ0n) is 11.6. The van der Waals surface area contributed by atoms with Crippen LogP contribution in [-0.4, -0.2) is 49.7 Å². The maximum absolute atomic E-state index is 13.0. The molecule has 3 N–H and O–H groups in total. The zero-order chi connectivity index (χ0) is 14.5. The highest BCUT2D eigenvalue weighted by molar-refractivity contribution is 5.95. The van der Waals surface area contributed by atoms with Crippen LogP contribution in [0.5, 0.6) is 0 Å². The van der Waals surface area contributed by atoms with Crippen molar-refractivity contribution in [2.24, 2.45) is 0 Å². The second-order valence-electron chi connectivity index (χ2n) is 4.83. The summed E-state index contributed by atoms with van der Waals surface area (Å²) in [5.41, 5.74) is 5.78. The predicted octanol–water partition coefficient (Wildman–Crippen LogP) is 0.858. The van der Waals surface area contributed by atoms with Crippen molar-refractivity contribution in [1.82, 2.24) is 10.2 Å². The first kappa shape index (κ1) is 14.7. The molecule has 110 valence electrons. The van der Waals surface area contributed by atoms with E-state index in [1.165, 1.54) is 18.2 Å². The first-order chi connectivity index (χ1) is 9.60. The Morgan fingerprint density at radius 1 is 1.60 bits per heavy atom. The van der Waals surface area contributed by atoms with Gasteiger partial charge in [0, 0.05) is 25.2 Å². The van der Waals surface area contributed by atoms with Gasteiger partial charge in [0.05, 0.1) is 18.4 Å². The molecule has 1 heterocycles. The van der Waals surface area contributed by atoms with Crippen LogP contribution in [0.3, 0.4) is 0 Å². The molecule has 6 heteroatoms. The van der Waals surface area contributed by atoms with E-state index in [-0.39, 0.29) is 17.7 Å². The van der Waals surface area contributed by atoms with E-state index in [4.69, 9.17) is 10.5 Å². The number of amides is 1. The molecule has 1 aliphatic heterocycles. The highest BCUT2D eigenvalue weighted by Gasteiger charge is 2.20. The van der Waals surface area contributed by atoms with Gasteiger partial charge in [-0.15, -0.1) is 0 Å². The molecule has 1 aromatic rings. The third-order valence-electron chi connectivity index (χ3n) is 3.42. The fraction of sp³-hybridized carbons (Fsp3) is 0.500. The fourth-order valence-corrected chi connectivity index (χ4v) is 2.18. The van der Waals surface area contributed by atoms with Crippen LogP contribution in [0.4, 0.5) is 10.1 Å². The van der Waals surface area contributed by atoms with E-state index in [1.54, 1.807) is 0 Å². The number of nitrogens with zero attached hydrogens (tertiary/aromatic N) is 1. The number of halogens is 1. The third kappa shape index (κ3) is 3.68. The molecule has 1 aliphatic rings.